The molecule has 2 N–H and O–H groups in total. The number of ether oxygens (including phenoxy) is 1. The Balaban J connectivity index is 2.53. The highest BCUT2D eigenvalue weighted by molar-refractivity contribution is 9.10. The average Bonchev–Trinajstić information content (AvgIpc) is 2.70. The Morgan fingerprint density at radius 2 is 2.24 bits per heavy atom. The molecular formula is C11H10BrFN2O2. The van der Waals surface area contributed by atoms with Crippen LogP contribution in [0.3, 0.4) is 0 Å². The highest BCUT2D eigenvalue weighted by Gasteiger charge is 2.14. The molecule has 0 radical (unpaired) electrons. The Morgan fingerprint density at radius 3 is 2.82 bits per heavy atom. The lowest BCUT2D eigenvalue weighted by atomic mass is 10.1. The number of anilines is 1. The summed E-state index contributed by atoms with van der Waals surface area (Å²) >= 11 is 3.31. The van der Waals surface area contributed by atoms with E-state index < -0.39 is 0 Å². The zero-order chi connectivity index (χ0) is 12.4. The first-order valence-electron chi connectivity index (χ1n) is 4.81. The fourth-order valence-electron chi connectivity index (χ4n) is 1.51. The summed E-state index contributed by atoms with van der Waals surface area (Å²) in [6.07, 6.45) is 0. The van der Waals surface area contributed by atoms with Crippen LogP contribution in [0.1, 0.15) is 5.56 Å². The van der Waals surface area contributed by atoms with Gasteiger partial charge in [-0.15, -0.1) is 0 Å². The van der Waals surface area contributed by atoms with Crippen molar-refractivity contribution < 1.29 is 13.7 Å². The van der Waals surface area contributed by atoms with E-state index in [1.807, 2.05) is 0 Å². The molecule has 0 aliphatic heterocycles. The van der Waals surface area contributed by atoms with E-state index >= 15 is 0 Å². The van der Waals surface area contributed by atoms with Crippen molar-refractivity contribution in [3.05, 3.63) is 34.1 Å². The molecule has 0 unspecified atom stereocenters. The number of hydrogen-bond acceptors (Lipinski definition) is 4. The molecule has 0 aliphatic carbocycles. The first-order valence-corrected chi connectivity index (χ1v) is 5.60. The maximum Gasteiger partial charge on any atom is 0.222 e. The van der Waals surface area contributed by atoms with Gasteiger partial charge in [0.25, 0.3) is 0 Å². The van der Waals surface area contributed by atoms with E-state index in [1.54, 1.807) is 12.1 Å². The zero-order valence-electron chi connectivity index (χ0n) is 9.04. The van der Waals surface area contributed by atoms with Gasteiger partial charge in [0.05, 0.1) is 6.61 Å². The van der Waals surface area contributed by atoms with Crippen molar-refractivity contribution in [2.45, 2.75) is 6.61 Å². The quantitative estimate of drug-likeness (QED) is 0.946. The molecule has 2 rings (SSSR count). The lowest BCUT2D eigenvalue weighted by Crippen LogP contribution is -1.96. The third kappa shape index (κ3) is 2.48. The van der Waals surface area contributed by atoms with Gasteiger partial charge in [-0.05, 0) is 12.1 Å². The molecule has 2 aromatic rings. The molecule has 0 amide bonds. The van der Waals surface area contributed by atoms with E-state index in [9.17, 15) is 4.39 Å². The molecule has 1 heterocycles. The van der Waals surface area contributed by atoms with E-state index in [2.05, 4.69) is 21.1 Å². The largest absolute Gasteiger partial charge is 0.380 e. The van der Waals surface area contributed by atoms with Crippen LogP contribution in [0.4, 0.5) is 10.3 Å². The fraction of sp³-hybridized carbons (Fsp3) is 0.182. The van der Waals surface area contributed by atoms with Crippen LogP contribution < -0.4 is 5.73 Å². The van der Waals surface area contributed by atoms with Crippen molar-refractivity contribution >= 4 is 21.8 Å². The normalized spacial score (nSPS) is 10.8. The van der Waals surface area contributed by atoms with Gasteiger partial charge in [-0.25, -0.2) is 4.39 Å². The van der Waals surface area contributed by atoms with Crippen LogP contribution in [-0.2, 0) is 11.3 Å². The standard InChI is InChI=1S/C11H10BrFN2O2/c1-16-5-6-2-7(12)3-8(11(6)13)9-4-10(14)17-15-9/h2-4H,5,14H2,1H3. The van der Waals surface area contributed by atoms with E-state index in [0.717, 1.165) is 4.47 Å². The summed E-state index contributed by atoms with van der Waals surface area (Å²) < 4.78 is 24.5. The molecule has 0 bridgehead atoms. The smallest absolute Gasteiger partial charge is 0.222 e. The third-order valence-corrected chi connectivity index (χ3v) is 2.67. The summed E-state index contributed by atoms with van der Waals surface area (Å²) in [5.41, 5.74) is 6.54. The lowest BCUT2D eigenvalue weighted by Gasteiger charge is -2.06. The van der Waals surface area contributed by atoms with Gasteiger partial charge < -0.3 is 15.0 Å². The summed E-state index contributed by atoms with van der Waals surface area (Å²) in [6.45, 7) is 0.186. The topological polar surface area (TPSA) is 61.3 Å². The number of nitrogens with two attached hydrogens (primary N) is 1. The molecule has 0 saturated carbocycles. The first kappa shape index (κ1) is 12.1. The monoisotopic (exact) mass is 300 g/mol. The molecule has 0 fully saturated rings. The number of hydrogen-bond donors (Lipinski definition) is 1. The van der Waals surface area contributed by atoms with E-state index in [-0.39, 0.29) is 18.3 Å². The second kappa shape index (κ2) is 4.85. The van der Waals surface area contributed by atoms with Gasteiger partial charge in [-0.2, -0.15) is 0 Å². The van der Waals surface area contributed by atoms with Crippen molar-refractivity contribution in [1.82, 2.24) is 5.16 Å². The second-order valence-corrected chi connectivity index (χ2v) is 4.39. The van der Waals surface area contributed by atoms with E-state index in [0.29, 0.717) is 16.8 Å². The third-order valence-electron chi connectivity index (χ3n) is 2.22. The summed E-state index contributed by atoms with van der Waals surface area (Å²) in [5.74, 6) is -0.240. The molecule has 90 valence electrons. The fourth-order valence-corrected chi connectivity index (χ4v) is 2.01. The SMILES string of the molecule is COCc1cc(Br)cc(-c2cc(N)on2)c1F. The van der Waals surface area contributed by atoms with E-state index in [4.69, 9.17) is 15.0 Å². The summed E-state index contributed by atoms with van der Waals surface area (Å²) in [5, 5.41) is 3.69. The van der Waals surface area contributed by atoms with Gasteiger partial charge in [0, 0.05) is 28.8 Å². The number of methoxy groups -OCH3 is 1. The number of aromatic nitrogens is 1. The van der Waals surface area contributed by atoms with Crippen LogP contribution in [0, 0.1) is 5.82 Å². The molecule has 0 aliphatic rings. The molecule has 1 aromatic carbocycles. The molecule has 0 atom stereocenters. The first-order chi connectivity index (χ1) is 8.11. The number of nitrogens with zero attached hydrogens (tertiary/aromatic N) is 1. The Bertz CT molecular complexity index is 542. The van der Waals surface area contributed by atoms with Crippen LogP contribution in [-0.4, -0.2) is 12.3 Å². The molecule has 17 heavy (non-hydrogen) atoms. The Morgan fingerprint density at radius 1 is 1.47 bits per heavy atom. The number of halogens is 2. The molecule has 1 aromatic heterocycles. The predicted molar refractivity (Wildman–Crippen MR) is 64.7 cm³/mol. The number of benzene rings is 1. The Hall–Kier alpha value is -1.40. The van der Waals surface area contributed by atoms with Crippen LogP contribution >= 0.6 is 15.9 Å². The van der Waals surface area contributed by atoms with Crippen LogP contribution in [0.5, 0.6) is 0 Å². The predicted octanol–water partition coefficient (Wildman–Crippen LogP) is 2.97. The molecule has 0 spiro atoms. The number of rotatable bonds is 3. The maximum atomic E-state index is 14.1. The minimum atomic E-state index is -0.386. The number of nitrogen functional groups attached to an aromatic ring is 1. The Kier molecular flexibility index (Phi) is 3.44. The van der Waals surface area contributed by atoms with Crippen molar-refractivity contribution in [2.75, 3.05) is 12.8 Å². The van der Waals surface area contributed by atoms with Crippen LogP contribution in [0.15, 0.2) is 27.2 Å². The van der Waals surface area contributed by atoms with Crippen LogP contribution in [0.2, 0.25) is 0 Å². The molecule has 0 saturated heterocycles. The maximum absolute atomic E-state index is 14.1. The highest BCUT2D eigenvalue weighted by atomic mass is 79.9. The minimum absolute atomic E-state index is 0.146. The second-order valence-electron chi connectivity index (χ2n) is 3.47. The van der Waals surface area contributed by atoms with Crippen molar-refractivity contribution in [3.8, 4) is 11.3 Å². The van der Waals surface area contributed by atoms with Gasteiger partial charge in [0.1, 0.15) is 11.5 Å². The van der Waals surface area contributed by atoms with Gasteiger partial charge in [0.2, 0.25) is 5.88 Å². The Labute approximate surface area is 106 Å². The summed E-state index contributed by atoms with van der Waals surface area (Å²) in [7, 11) is 1.51. The van der Waals surface area contributed by atoms with Crippen molar-refractivity contribution in [3.63, 3.8) is 0 Å². The van der Waals surface area contributed by atoms with Crippen LogP contribution in [0.25, 0.3) is 11.3 Å². The summed E-state index contributed by atoms with van der Waals surface area (Å²) in [6, 6.07) is 4.75. The minimum Gasteiger partial charge on any atom is -0.380 e. The van der Waals surface area contributed by atoms with Gasteiger partial charge in [-0.1, -0.05) is 21.1 Å². The lowest BCUT2D eigenvalue weighted by molar-refractivity contribution is 0.181. The van der Waals surface area contributed by atoms with Gasteiger partial charge in [0.15, 0.2) is 0 Å². The van der Waals surface area contributed by atoms with Gasteiger partial charge in [-0.3, -0.25) is 0 Å². The average molecular weight is 301 g/mol. The van der Waals surface area contributed by atoms with Crippen molar-refractivity contribution in [1.29, 1.82) is 0 Å². The highest BCUT2D eigenvalue weighted by Crippen LogP contribution is 2.29. The molecule has 6 heteroatoms. The van der Waals surface area contributed by atoms with Gasteiger partial charge >= 0.3 is 0 Å². The van der Waals surface area contributed by atoms with Crippen molar-refractivity contribution in [2.24, 2.45) is 0 Å². The molecule has 4 nitrogen and oxygen atoms in total. The zero-order valence-corrected chi connectivity index (χ0v) is 10.6. The van der Waals surface area contributed by atoms with E-state index in [1.165, 1.54) is 13.2 Å². The summed E-state index contributed by atoms with van der Waals surface area (Å²) in [4.78, 5) is 0. The molecular weight excluding hydrogens is 291 g/mol.